The van der Waals surface area contributed by atoms with Crippen LogP contribution in [0.1, 0.15) is 20.8 Å². The second-order valence-corrected chi connectivity index (χ2v) is 6.33. The molecule has 11 heteroatoms. The van der Waals surface area contributed by atoms with Crippen molar-refractivity contribution >= 4 is 29.6 Å². The molecule has 11 nitrogen and oxygen atoms in total. The van der Waals surface area contributed by atoms with Gasteiger partial charge in [0.25, 0.3) is 0 Å². The van der Waals surface area contributed by atoms with Crippen LogP contribution >= 0.6 is 0 Å². The number of hydrogen-bond acceptors (Lipinski definition) is 11. The molecule has 0 radical (unpaired) electrons. The molecule has 1 aliphatic rings. The summed E-state index contributed by atoms with van der Waals surface area (Å²) in [6.45, 7) is 3.31. The van der Waals surface area contributed by atoms with E-state index in [4.69, 9.17) is 34.2 Å². The SMILES string of the molecule is COC(=O)C1OC(Oc2ccccc2N)C(OC(C)=O)C(OC(C)=O)C1OC(C)=O. The van der Waals surface area contributed by atoms with Gasteiger partial charge in [0.2, 0.25) is 12.4 Å². The Kier molecular flexibility index (Phi) is 7.59. The Bertz CT molecular complexity index is 810. The van der Waals surface area contributed by atoms with Gasteiger partial charge in [0.1, 0.15) is 5.75 Å². The van der Waals surface area contributed by atoms with Crippen LogP contribution in [0.25, 0.3) is 0 Å². The van der Waals surface area contributed by atoms with E-state index in [1.165, 1.54) is 6.07 Å². The van der Waals surface area contributed by atoms with Crippen LogP contribution in [-0.4, -0.2) is 61.7 Å². The predicted molar refractivity (Wildman–Crippen MR) is 98.8 cm³/mol. The molecule has 2 rings (SSSR count). The van der Waals surface area contributed by atoms with Crippen LogP contribution in [-0.2, 0) is 42.9 Å². The number of anilines is 1. The van der Waals surface area contributed by atoms with Crippen molar-refractivity contribution in [1.82, 2.24) is 0 Å². The summed E-state index contributed by atoms with van der Waals surface area (Å²) in [4.78, 5) is 47.4. The zero-order chi connectivity index (χ0) is 22.4. The number of carbonyl (C=O) groups is 4. The second-order valence-electron chi connectivity index (χ2n) is 6.33. The van der Waals surface area contributed by atoms with E-state index < -0.39 is 54.6 Å². The second kappa shape index (κ2) is 9.92. The van der Waals surface area contributed by atoms with Gasteiger partial charge in [-0.2, -0.15) is 0 Å². The van der Waals surface area contributed by atoms with Crippen molar-refractivity contribution < 1.29 is 47.6 Å². The van der Waals surface area contributed by atoms with Gasteiger partial charge in [0, 0.05) is 20.8 Å². The van der Waals surface area contributed by atoms with Crippen molar-refractivity contribution in [3.8, 4) is 5.75 Å². The summed E-state index contributed by atoms with van der Waals surface area (Å²) in [5.41, 5.74) is 6.12. The van der Waals surface area contributed by atoms with Crippen molar-refractivity contribution in [2.24, 2.45) is 0 Å². The molecule has 1 aliphatic heterocycles. The minimum absolute atomic E-state index is 0.163. The molecular formula is C19H23NO10. The van der Waals surface area contributed by atoms with E-state index in [0.717, 1.165) is 27.9 Å². The zero-order valence-corrected chi connectivity index (χ0v) is 16.9. The quantitative estimate of drug-likeness (QED) is 0.382. The van der Waals surface area contributed by atoms with Gasteiger partial charge in [-0.3, -0.25) is 14.4 Å². The maximum Gasteiger partial charge on any atom is 0.339 e. The van der Waals surface area contributed by atoms with Gasteiger partial charge < -0.3 is 34.2 Å². The Balaban J connectivity index is 2.51. The third-order valence-corrected chi connectivity index (χ3v) is 4.00. The normalized spacial score (nSPS) is 25.5. The predicted octanol–water partition coefficient (Wildman–Crippen LogP) is 0.341. The standard InChI is InChI=1S/C19H23NO10/c1-9(21)26-14-15(27-10(2)22)17(28-11(3)23)19(30-16(14)18(24)25-4)29-13-8-6-5-7-12(13)20/h5-8,14-17,19H,20H2,1-4H3. The van der Waals surface area contributed by atoms with E-state index in [9.17, 15) is 19.2 Å². The maximum atomic E-state index is 12.3. The highest BCUT2D eigenvalue weighted by molar-refractivity contribution is 5.77. The highest BCUT2D eigenvalue weighted by Crippen LogP contribution is 2.32. The summed E-state index contributed by atoms with van der Waals surface area (Å²) in [6.07, 6.45) is -7.26. The van der Waals surface area contributed by atoms with Gasteiger partial charge in [0.15, 0.2) is 18.3 Å². The van der Waals surface area contributed by atoms with Crippen molar-refractivity contribution in [2.45, 2.75) is 51.5 Å². The fourth-order valence-corrected chi connectivity index (χ4v) is 2.89. The van der Waals surface area contributed by atoms with Crippen LogP contribution < -0.4 is 10.5 Å². The van der Waals surface area contributed by atoms with Crippen LogP contribution in [0.5, 0.6) is 5.75 Å². The molecule has 1 aromatic rings. The van der Waals surface area contributed by atoms with Crippen LogP contribution in [0.3, 0.4) is 0 Å². The molecule has 5 atom stereocenters. The molecule has 5 unspecified atom stereocenters. The van der Waals surface area contributed by atoms with Crippen molar-refractivity contribution in [3.63, 3.8) is 0 Å². The van der Waals surface area contributed by atoms with Gasteiger partial charge in [-0.1, -0.05) is 12.1 Å². The van der Waals surface area contributed by atoms with E-state index in [0.29, 0.717) is 0 Å². The molecule has 0 aliphatic carbocycles. The van der Waals surface area contributed by atoms with E-state index in [-0.39, 0.29) is 11.4 Å². The summed E-state index contributed by atoms with van der Waals surface area (Å²) in [5, 5.41) is 0. The summed E-state index contributed by atoms with van der Waals surface area (Å²) in [6, 6.07) is 6.39. The third-order valence-electron chi connectivity index (χ3n) is 4.00. The lowest BCUT2D eigenvalue weighted by Gasteiger charge is -2.43. The van der Waals surface area contributed by atoms with Gasteiger partial charge >= 0.3 is 23.9 Å². The fraction of sp³-hybridized carbons (Fsp3) is 0.474. The number of ether oxygens (including phenoxy) is 6. The summed E-state index contributed by atoms with van der Waals surface area (Å²) in [5.74, 6) is -3.08. The van der Waals surface area contributed by atoms with Gasteiger partial charge in [-0.15, -0.1) is 0 Å². The summed E-state index contributed by atoms with van der Waals surface area (Å²) in [7, 11) is 1.10. The summed E-state index contributed by atoms with van der Waals surface area (Å²) < 4.78 is 31.7. The molecule has 0 bridgehead atoms. The maximum absolute atomic E-state index is 12.3. The third kappa shape index (κ3) is 5.60. The molecule has 2 N–H and O–H groups in total. The molecule has 1 saturated heterocycles. The number of benzene rings is 1. The van der Waals surface area contributed by atoms with Crippen LogP contribution in [0.4, 0.5) is 5.69 Å². The Morgan fingerprint density at radius 1 is 0.867 bits per heavy atom. The lowest BCUT2D eigenvalue weighted by molar-refractivity contribution is -0.282. The molecule has 0 saturated carbocycles. The number of rotatable bonds is 6. The molecule has 30 heavy (non-hydrogen) atoms. The average Bonchev–Trinajstić information content (AvgIpc) is 2.66. The van der Waals surface area contributed by atoms with Gasteiger partial charge in [-0.25, -0.2) is 4.79 Å². The van der Waals surface area contributed by atoms with Crippen molar-refractivity contribution in [2.75, 3.05) is 12.8 Å². The monoisotopic (exact) mass is 425 g/mol. The molecule has 0 amide bonds. The molecule has 1 aromatic carbocycles. The van der Waals surface area contributed by atoms with Crippen molar-refractivity contribution in [3.05, 3.63) is 24.3 Å². The molecule has 1 fully saturated rings. The van der Waals surface area contributed by atoms with E-state index in [2.05, 4.69) is 0 Å². The first-order valence-corrected chi connectivity index (χ1v) is 8.90. The Hall–Kier alpha value is -3.34. The van der Waals surface area contributed by atoms with E-state index in [1.807, 2.05) is 0 Å². The lowest BCUT2D eigenvalue weighted by Crippen LogP contribution is -2.64. The number of hydrogen-bond donors (Lipinski definition) is 1. The first-order chi connectivity index (χ1) is 14.1. The Morgan fingerprint density at radius 2 is 1.40 bits per heavy atom. The van der Waals surface area contributed by atoms with Crippen molar-refractivity contribution in [1.29, 1.82) is 0 Å². The van der Waals surface area contributed by atoms with Crippen LogP contribution in [0.15, 0.2) is 24.3 Å². The highest BCUT2D eigenvalue weighted by Gasteiger charge is 2.55. The fourth-order valence-electron chi connectivity index (χ4n) is 2.89. The molecule has 0 aromatic heterocycles. The largest absolute Gasteiger partial charge is 0.467 e. The van der Waals surface area contributed by atoms with Crippen LogP contribution in [0, 0.1) is 0 Å². The minimum Gasteiger partial charge on any atom is -0.467 e. The van der Waals surface area contributed by atoms with E-state index >= 15 is 0 Å². The molecular weight excluding hydrogens is 402 g/mol. The van der Waals surface area contributed by atoms with E-state index in [1.54, 1.807) is 18.2 Å². The number of carbonyl (C=O) groups excluding carboxylic acids is 4. The number of nitrogens with two attached hydrogens (primary N) is 1. The number of methoxy groups -OCH3 is 1. The smallest absolute Gasteiger partial charge is 0.339 e. The first kappa shape index (κ1) is 22.9. The van der Waals surface area contributed by atoms with Gasteiger partial charge in [0.05, 0.1) is 12.8 Å². The van der Waals surface area contributed by atoms with Crippen LogP contribution in [0.2, 0.25) is 0 Å². The molecule has 1 heterocycles. The highest BCUT2D eigenvalue weighted by atomic mass is 16.7. The zero-order valence-electron chi connectivity index (χ0n) is 16.9. The average molecular weight is 425 g/mol. The number of para-hydroxylation sites is 2. The Labute approximate surface area is 172 Å². The number of esters is 4. The Morgan fingerprint density at radius 3 is 1.93 bits per heavy atom. The lowest BCUT2D eigenvalue weighted by atomic mass is 9.97. The summed E-state index contributed by atoms with van der Waals surface area (Å²) >= 11 is 0. The first-order valence-electron chi connectivity index (χ1n) is 8.90. The number of nitrogen functional groups attached to an aromatic ring is 1. The topological polar surface area (TPSA) is 150 Å². The van der Waals surface area contributed by atoms with Gasteiger partial charge in [-0.05, 0) is 12.1 Å². The minimum atomic E-state index is -1.54. The molecule has 0 spiro atoms. The molecule has 164 valence electrons.